The van der Waals surface area contributed by atoms with Crippen LogP contribution in [0.4, 0.5) is 68.2 Å². The van der Waals surface area contributed by atoms with E-state index in [2.05, 4.69) is 70.0 Å². The van der Waals surface area contributed by atoms with Crippen molar-refractivity contribution in [3.8, 4) is 0 Å². The molecule has 6 aromatic rings. The molecule has 0 fully saturated rings. The van der Waals surface area contributed by atoms with Gasteiger partial charge in [-0.2, -0.15) is 0 Å². The van der Waals surface area contributed by atoms with Crippen LogP contribution in [0.3, 0.4) is 0 Å². The van der Waals surface area contributed by atoms with E-state index in [4.69, 9.17) is 22.0 Å². The van der Waals surface area contributed by atoms with Gasteiger partial charge in [0.1, 0.15) is 0 Å². The Bertz CT molecular complexity index is 4050. The summed E-state index contributed by atoms with van der Waals surface area (Å²) >= 11 is 4.64. The number of amides is 4. The molecule has 0 saturated carbocycles. The molecule has 3 aliphatic heterocycles. The monoisotopic (exact) mass is 2000 g/mol. The normalized spacial score (nSPS) is 12.3. The summed E-state index contributed by atoms with van der Waals surface area (Å²) in [4.78, 5) is 110. The molecule has 8 N–H and O–H groups in total. The van der Waals surface area contributed by atoms with Crippen LogP contribution >= 0.6 is 24.0 Å². The van der Waals surface area contributed by atoms with Crippen LogP contribution in [0, 0.1) is 159 Å². The number of nitrogen functional groups attached to an aromatic ring is 2. The summed E-state index contributed by atoms with van der Waals surface area (Å²) in [5.41, 5.74) is 23.9. The van der Waals surface area contributed by atoms with Gasteiger partial charge in [-0.1, -0.05) is 90.5 Å². The van der Waals surface area contributed by atoms with Gasteiger partial charge >= 0.3 is 0 Å². The SMILES string of the molecule is C=C(C)CC.C=C(C)CN(C(C)=O)c1cc([N+](=O)[O-])ccc1C.CC(=O)Cl.CC(=O)N1CC(C)(C)c2ccc(N)cc21.CC(=O)N1CC(C)(C)c2ccc([N+](=O)[O-])cc21.CC(=O)Nc1cc([N+](=O)[O-])ccc1C.CC1(C)CNc2cc([N+](=O)[O-])ccc21.Cc1ccc([N+](=O)[O-])cc1N.Cl.OO.[Ac].[Ac].[Pd]. The van der Waals surface area contributed by atoms with E-state index >= 15 is 0 Å². The Hall–Kier alpha value is -7.20. The summed E-state index contributed by atoms with van der Waals surface area (Å²) in [6, 6.07) is 28.8. The topological polar surface area (TPSA) is 427 Å². The molecule has 0 aromatic heterocycles. The molecule has 34 heteroatoms. The molecule has 4 amide bonds. The number of nitrogens with zero attached hydrogens (tertiary/aromatic N) is 8. The first kappa shape index (κ1) is 103. The van der Waals surface area contributed by atoms with Gasteiger partial charge in [-0.25, -0.2) is 0 Å². The Labute approximate surface area is 702 Å². The number of rotatable bonds is 10. The zero-order chi connectivity index (χ0) is 77.2. The van der Waals surface area contributed by atoms with E-state index in [9.17, 15) is 74.5 Å². The Morgan fingerprint density at radius 3 is 1.30 bits per heavy atom. The number of non-ortho nitro benzene ring substituents is 5. The number of nitrogens with one attached hydrogen (secondary N) is 2. The summed E-state index contributed by atoms with van der Waals surface area (Å²) in [7, 11) is 0. The fourth-order valence-electron chi connectivity index (χ4n) is 9.69. The molecular formula is C70H92Ac2Cl2N12O17Pd. The van der Waals surface area contributed by atoms with Crippen LogP contribution < -0.4 is 36.8 Å². The number of benzene rings is 6. The zero-order valence-electron chi connectivity index (χ0n) is 61.3. The average Bonchev–Trinajstić information content (AvgIpc) is 1.62. The molecule has 104 heavy (non-hydrogen) atoms. The van der Waals surface area contributed by atoms with E-state index in [1.54, 1.807) is 67.0 Å². The number of nitrogens with two attached hydrogens (primary N) is 2. The summed E-state index contributed by atoms with van der Waals surface area (Å²) in [6.45, 7) is 41.0. The molecule has 0 atom stereocenters. The summed E-state index contributed by atoms with van der Waals surface area (Å²) < 4.78 is 0. The fourth-order valence-corrected chi connectivity index (χ4v) is 9.69. The predicted molar refractivity (Wildman–Crippen MR) is 400 cm³/mol. The molecule has 3 aliphatic rings. The van der Waals surface area contributed by atoms with Crippen molar-refractivity contribution in [1.82, 2.24) is 0 Å². The van der Waals surface area contributed by atoms with Crippen molar-refractivity contribution < 1.29 is 168 Å². The number of aryl methyl sites for hydroxylation is 3. The van der Waals surface area contributed by atoms with Gasteiger partial charge in [0.2, 0.25) is 28.9 Å². The second kappa shape index (κ2) is 47.4. The second-order valence-corrected chi connectivity index (χ2v) is 25.8. The predicted octanol–water partition coefficient (Wildman–Crippen LogP) is 15.8. The first-order valence-corrected chi connectivity index (χ1v) is 31.1. The second-order valence-electron chi connectivity index (χ2n) is 25.2. The van der Waals surface area contributed by atoms with Crippen LogP contribution in [0.1, 0.15) is 137 Å². The molecule has 0 saturated heterocycles. The maximum atomic E-state index is 11.6. The van der Waals surface area contributed by atoms with Gasteiger partial charge in [-0.05, 0) is 110 Å². The number of nitro groups is 5. The van der Waals surface area contributed by atoms with Crippen molar-refractivity contribution in [2.75, 3.05) is 63.0 Å². The Balaban J connectivity index is -0.000000558. The molecule has 6 aromatic carbocycles. The maximum absolute atomic E-state index is 11.6. The third-order valence-electron chi connectivity index (χ3n) is 15.1. The van der Waals surface area contributed by atoms with Crippen molar-refractivity contribution in [3.05, 3.63) is 217 Å². The minimum atomic E-state index is -0.495. The van der Waals surface area contributed by atoms with Crippen molar-refractivity contribution in [1.29, 1.82) is 0 Å². The third kappa shape index (κ3) is 33.1. The third-order valence-corrected chi connectivity index (χ3v) is 15.1. The number of carbonyl (C=O) groups is 5. The van der Waals surface area contributed by atoms with E-state index in [-0.39, 0.29) is 199 Å². The van der Waals surface area contributed by atoms with Crippen LogP contribution in [0.2, 0.25) is 0 Å². The number of hydrogen-bond acceptors (Lipinski definition) is 20. The minimum absolute atomic E-state index is 0. The maximum Gasteiger partial charge on any atom is 0.271 e. The van der Waals surface area contributed by atoms with Gasteiger partial charge in [0.05, 0.1) is 41.7 Å². The van der Waals surface area contributed by atoms with Gasteiger partial charge in [0.25, 0.3) is 28.4 Å². The number of anilines is 7. The van der Waals surface area contributed by atoms with E-state index in [0.717, 1.165) is 64.3 Å². The van der Waals surface area contributed by atoms with Crippen LogP contribution in [0.25, 0.3) is 0 Å². The standard InChI is InChI=1S/C13H16N2O3.C12H14N2O3.C12H16N2O.C10H12N2O2.C9H10N2O3.C7H8N2O2.C5H10.C2H3ClO.2Ac.ClH.H2O2.Pd/c1-9(2)8-14(11(4)16)13-7-12(15(17)18)6-5-10(13)3;1-8(15)13-7-12(2,3)10-5-4-9(14(16)17)6-11(10)13;1-8(15)14-7-12(2,3)10-5-4-9(13)6-11(10)14;1-10(2)6-11-9-5-7(12(13)14)3-4-8(9)10;1-6-3-4-8(11(13)14)5-9(6)10-7(2)12;1-5-2-3-6(9(10)11)4-7(5)8;1-4-5(2)3;1-2(3)4;;;;1-2;/h5-7H,1,8H2,2-4H3;4-6H,7H2,1-3H3;4-6H,7,13H2,1-3H3;3-5,11H,6H2,1-2H3;3-5H,1-2H3,(H,10,12);2-4H,8H2,1H3;2,4H2,1,3H3;1H3;;;1H;1-2H;. The van der Waals surface area contributed by atoms with Crippen LogP contribution in [-0.2, 0) is 60.6 Å². The van der Waals surface area contributed by atoms with E-state index in [0.29, 0.717) is 41.5 Å². The van der Waals surface area contributed by atoms with Gasteiger partial charge in [-0.15, -0.1) is 19.0 Å². The molecule has 0 unspecified atom stereocenters. The Morgan fingerprint density at radius 2 is 0.913 bits per heavy atom. The molecule has 2 radical (unpaired) electrons. The van der Waals surface area contributed by atoms with Crippen molar-refractivity contribution in [2.24, 2.45) is 0 Å². The summed E-state index contributed by atoms with van der Waals surface area (Å²) in [5, 5.41) is 70.0. The Kier molecular flexibility index (Phi) is 47.0. The number of nitro benzene ring substituents is 5. The van der Waals surface area contributed by atoms with Gasteiger partial charge in [0, 0.05) is 269 Å². The number of allylic oxidation sites excluding steroid dienone is 1. The molecule has 9 rings (SSSR count). The number of carbonyl (C=O) groups excluding carboxylic acids is 5. The van der Waals surface area contributed by atoms with Crippen LogP contribution in [0.5, 0.6) is 0 Å². The van der Waals surface area contributed by atoms with Crippen molar-refractivity contribution in [2.45, 2.75) is 140 Å². The van der Waals surface area contributed by atoms with E-state index in [1.165, 1.54) is 92.3 Å². The largest absolute Gasteiger partial charge is 0.399 e. The van der Waals surface area contributed by atoms with Gasteiger partial charge in [-0.3, -0.25) is 85.1 Å². The van der Waals surface area contributed by atoms with Crippen LogP contribution in [-0.4, -0.2) is 90.2 Å². The molecule has 0 aliphatic carbocycles. The summed E-state index contributed by atoms with van der Waals surface area (Å²) in [5.74, 6) is -0.417. The molecular weight excluding hydrogens is 1910 g/mol. The molecule has 0 spiro atoms. The fraction of sp³-hybridized carbons (Fsp3) is 0.357. The number of fused-ring (bicyclic) bond motifs is 3. The Morgan fingerprint density at radius 1 is 0.558 bits per heavy atom. The van der Waals surface area contributed by atoms with E-state index in [1.807, 2.05) is 58.9 Å². The van der Waals surface area contributed by atoms with E-state index < -0.39 is 19.7 Å². The smallest absolute Gasteiger partial charge is 0.271 e. The average molecular weight is 2000 g/mol. The van der Waals surface area contributed by atoms with Crippen molar-refractivity contribution >= 4 is 121 Å². The summed E-state index contributed by atoms with van der Waals surface area (Å²) in [6.07, 6.45) is 1.11. The quantitative estimate of drug-likeness (QED) is 0.0141. The molecule has 29 nitrogen and oxygen atoms in total. The zero-order valence-corrected chi connectivity index (χ0v) is 74.0. The number of halogens is 2. The molecule has 564 valence electrons. The van der Waals surface area contributed by atoms with Crippen molar-refractivity contribution in [3.63, 3.8) is 0 Å². The molecule has 3 heterocycles. The first-order chi connectivity index (χ1) is 46.2. The minimum Gasteiger partial charge on any atom is -0.399 e. The first-order valence-electron chi connectivity index (χ1n) is 30.7. The molecule has 0 bridgehead atoms. The van der Waals surface area contributed by atoms with Gasteiger partial charge < -0.3 is 36.8 Å². The number of hydrogen-bond donors (Lipinski definition) is 6. The van der Waals surface area contributed by atoms with Gasteiger partial charge in [0.15, 0.2) is 0 Å². The van der Waals surface area contributed by atoms with Crippen LogP contribution in [0.15, 0.2) is 133 Å².